The third-order valence-corrected chi connectivity index (χ3v) is 4.35. The van der Waals surface area contributed by atoms with Gasteiger partial charge in [-0.3, -0.25) is 4.98 Å². The Morgan fingerprint density at radius 3 is 2.41 bits per heavy atom. The first-order chi connectivity index (χ1) is 13.2. The van der Waals surface area contributed by atoms with E-state index in [4.69, 9.17) is 19.2 Å². The van der Waals surface area contributed by atoms with Gasteiger partial charge in [0.1, 0.15) is 17.2 Å². The number of anilines is 2. The molecule has 2 aromatic carbocycles. The van der Waals surface area contributed by atoms with Crippen LogP contribution in [0, 0.1) is 0 Å². The smallest absolute Gasteiger partial charge is 0.145 e. The summed E-state index contributed by atoms with van der Waals surface area (Å²) >= 11 is 0. The molecular weight excluding hydrogens is 340 g/mol. The first-order valence-corrected chi connectivity index (χ1v) is 9.24. The highest BCUT2D eigenvalue weighted by atomic mass is 16.5. The second kappa shape index (κ2) is 8.62. The number of nitrogens with one attached hydrogen (secondary N) is 1. The number of nitrogens with zero attached hydrogens (tertiary/aromatic N) is 1. The van der Waals surface area contributed by atoms with E-state index in [0.29, 0.717) is 6.61 Å². The number of benzene rings is 2. The summed E-state index contributed by atoms with van der Waals surface area (Å²) in [5, 5.41) is 4.51. The van der Waals surface area contributed by atoms with E-state index in [1.54, 1.807) is 14.2 Å². The summed E-state index contributed by atoms with van der Waals surface area (Å²) in [5.74, 6) is 2.32. The van der Waals surface area contributed by atoms with Crippen LogP contribution in [-0.2, 0) is 6.42 Å². The Hall–Kier alpha value is -2.95. The lowest BCUT2D eigenvalue weighted by Crippen LogP contribution is -2.00. The molecule has 0 amide bonds. The van der Waals surface area contributed by atoms with E-state index in [2.05, 4.69) is 25.2 Å². The van der Waals surface area contributed by atoms with Gasteiger partial charge >= 0.3 is 0 Å². The zero-order chi connectivity index (χ0) is 19.2. The van der Waals surface area contributed by atoms with E-state index in [0.717, 1.165) is 58.1 Å². The SMILES string of the molecule is CCCOc1ccc2nc(CC)cc(Nc3ccc(OC)cc3OC)c2c1. The summed E-state index contributed by atoms with van der Waals surface area (Å²) < 4.78 is 16.6. The largest absolute Gasteiger partial charge is 0.497 e. The van der Waals surface area contributed by atoms with Crippen LogP contribution in [0.25, 0.3) is 10.9 Å². The molecule has 0 aliphatic heterocycles. The van der Waals surface area contributed by atoms with Crippen molar-refractivity contribution in [1.29, 1.82) is 0 Å². The lowest BCUT2D eigenvalue weighted by molar-refractivity contribution is 0.318. The second-order valence-corrected chi connectivity index (χ2v) is 6.23. The predicted octanol–water partition coefficient (Wildman–Crippen LogP) is 5.35. The van der Waals surface area contributed by atoms with E-state index in [1.807, 2.05) is 36.4 Å². The molecule has 1 N–H and O–H groups in total. The molecule has 142 valence electrons. The monoisotopic (exact) mass is 366 g/mol. The van der Waals surface area contributed by atoms with Gasteiger partial charge in [-0.15, -0.1) is 0 Å². The number of hydrogen-bond donors (Lipinski definition) is 1. The van der Waals surface area contributed by atoms with Crippen molar-refractivity contribution in [3.63, 3.8) is 0 Å². The average molecular weight is 366 g/mol. The van der Waals surface area contributed by atoms with Crippen molar-refractivity contribution in [2.75, 3.05) is 26.1 Å². The molecule has 0 aliphatic carbocycles. The molecule has 0 spiro atoms. The Morgan fingerprint density at radius 1 is 0.889 bits per heavy atom. The zero-order valence-corrected chi connectivity index (χ0v) is 16.3. The van der Waals surface area contributed by atoms with E-state index >= 15 is 0 Å². The van der Waals surface area contributed by atoms with Crippen molar-refractivity contribution >= 4 is 22.3 Å². The number of ether oxygens (including phenoxy) is 3. The van der Waals surface area contributed by atoms with Crippen molar-refractivity contribution in [2.45, 2.75) is 26.7 Å². The molecule has 5 nitrogen and oxygen atoms in total. The number of aromatic nitrogens is 1. The third-order valence-electron chi connectivity index (χ3n) is 4.35. The Balaban J connectivity index is 2.06. The maximum atomic E-state index is 5.80. The number of methoxy groups -OCH3 is 2. The van der Waals surface area contributed by atoms with Gasteiger partial charge in [0.05, 0.1) is 32.0 Å². The number of rotatable bonds is 8. The molecule has 0 bridgehead atoms. The molecule has 3 aromatic rings. The molecule has 27 heavy (non-hydrogen) atoms. The van der Waals surface area contributed by atoms with E-state index < -0.39 is 0 Å². The molecule has 0 unspecified atom stereocenters. The van der Waals surface area contributed by atoms with E-state index in [1.165, 1.54) is 0 Å². The highest BCUT2D eigenvalue weighted by molar-refractivity contribution is 5.94. The van der Waals surface area contributed by atoms with Crippen LogP contribution >= 0.6 is 0 Å². The van der Waals surface area contributed by atoms with Crippen molar-refractivity contribution < 1.29 is 14.2 Å². The van der Waals surface area contributed by atoms with Crippen LogP contribution in [0.5, 0.6) is 17.2 Å². The minimum absolute atomic E-state index is 0.695. The fraction of sp³-hybridized carbons (Fsp3) is 0.318. The van der Waals surface area contributed by atoms with Gasteiger partial charge in [0.2, 0.25) is 0 Å². The maximum Gasteiger partial charge on any atom is 0.145 e. The van der Waals surface area contributed by atoms with Gasteiger partial charge in [-0.2, -0.15) is 0 Å². The molecule has 0 radical (unpaired) electrons. The van der Waals surface area contributed by atoms with Crippen molar-refractivity contribution in [2.24, 2.45) is 0 Å². The minimum Gasteiger partial charge on any atom is -0.497 e. The Morgan fingerprint density at radius 2 is 1.70 bits per heavy atom. The number of fused-ring (bicyclic) bond motifs is 1. The van der Waals surface area contributed by atoms with Gasteiger partial charge in [-0.05, 0) is 49.2 Å². The van der Waals surface area contributed by atoms with Gasteiger partial charge in [0, 0.05) is 22.8 Å². The molecule has 0 aliphatic rings. The summed E-state index contributed by atoms with van der Waals surface area (Å²) in [6.45, 7) is 4.89. The summed E-state index contributed by atoms with van der Waals surface area (Å²) in [6, 6.07) is 13.8. The fourth-order valence-corrected chi connectivity index (χ4v) is 2.90. The quantitative estimate of drug-likeness (QED) is 0.583. The van der Waals surface area contributed by atoms with Crippen LogP contribution in [0.2, 0.25) is 0 Å². The zero-order valence-electron chi connectivity index (χ0n) is 16.3. The molecule has 3 rings (SSSR count). The first-order valence-electron chi connectivity index (χ1n) is 9.24. The van der Waals surface area contributed by atoms with Gasteiger partial charge in [0.25, 0.3) is 0 Å². The minimum atomic E-state index is 0.695. The van der Waals surface area contributed by atoms with E-state index in [9.17, 15) is 0 Å². The lowest BCUT2D eigenvalue weighted by Gasteiger charge is -2.16. The Kier molecular flexibility index (Phi) is 6.01. The highest BCUT2D eigenvalue weighted by Crippen LogP contribution is 2.35. The number of aryl methyl sites for hydroxylation is 1. The van der Waals surface area contributed by atoms with Gasteiger partial charge in [-0.1, -0.05) is 13.8 Å². The molecule has 1 heterocycles. The van der Waals surface area contributed by atoms with Crippen LogP contribution in [0.3, 0.4) is 0 Å². The van der Waals surface area contributed by atoms with Crippen LogP contribution in [0.15, 0.2) is 42.5 Å². The molecule has 0 fully saturated rings. The van der Waals surface area contributed by atoms with Gasteiger partial charge in [0.15, 0.2) is 0 Å². The third kappa shape index (κ3) is 4.25. The summed E-state index contributed by atoms with van der Waals surface area (Å²) in [4.78, 5) is 4.74. The topological polar surface area (TPSA) is 52.6 Å². The normalized spacial score (nSPS) is 10.7. The molecule has 0 atom stereocenters. The number of hydrogen-bond acceptors (Lipinski definition) is 5. The molecule has 0 saturated heterocycles. The first kappa shape index (κ1) is 18.8. The van der Waals surface area contributed by atoms with Gasteiger partial charge < -0.3 is 19.5 Å². The van der Waals surface area contributed by atoms with Crippen molar-refractivity contribution in [1.82, 2.24) is 4.98 Å². The maximum absolute atomic E-state index is 5.80. The molecule has 5 heteroatoms. The molecular formula is C22H26N2O3. The average Bonchev–Trinajstić information content (AvgIpc) is 2.72. The van der Waals surface area contributed by atoms with Crippen LogP contribution in [-0.4, -0.2) is 25.8 Å². The second-order valence-electron chi connectivity index (χ2n) is 6.23. The lowest BCUT2D eigenvalue weighted by atomic mass is 10.1. The number of pyridine rings is 1. The Labute approximate surface area is 160 Å². The predicted molar refractivity (Wildman–Crippen MR) is 110 cm³/mol. The summed E-state index contributed by atoms with van der Waals surface area (Å²) in [5.41, 5.74) is 3.81. The Bertz CT molecular complexity index is 925. The highest BCUT2D eigenvalue weighted by Gasteiger charge is 2.11. The fourth-order valence-electron chi connectivity index (χ4n) is 2.90. The molecule has 0 saturated carbocycles. The van der Waals surface area contributed by atoms with E-state index in [-0.39, 0.29) is 0 Å². The van der Waals surface area contributed by atoms with Crippen LogP contribution in [0.4, 0.5) is 11.4 Å². The van der Waals surface area contributed by atoms with Crippen molar-refractivity contribution in [3.8, 4) is 17.2 Å². The standard InChI is InChI=1S/C22H26N2O3/c1-5-11-27-17-8-9-19-18(13-17)21(12-15(6-2)23-19)24-20-10-7-16(25-3)14-22(20)26-4/h7-10,12-14H,5-6,11H2,1-4H3,(H,23,24). The summed E-state index contributed by atoms with van der Waals surface area (Å²) in [7, 11) is 3.29. The van der Waals surface area contributed by atoms with Crippen molar-refractivity contribution in [3.05, 3.63) is 48.2 Å². The van der Waals surface area contributed by atoms with Gasteiger partial charge in [-0.25, -0.2) is 0 Å². The van der Waals surface area contributed by atoms with Crippen LogP contribution < -0.4 is 19.5 Å². The summed E-state index contributed by atoms with van der Waals surface area (Å²) in [6.07, 6.45) is 1.83. The van der Waals surface area contributed by atoms with Crippen LogP contribution in [0.1, 0.15) is 26.0 Å². The molecule has 1 aromatic heterocycles.